The fourth-order valence-corrected chi connectivity index (χ4v) is 1.29. The molecular formula is C12H22N2O3. The number of hydrogen-bond donors (Lipinski definition) is 2. The molecule has 0 heterocycles. The van der Waals surface area contributed by atoms with Gasteiger partial charge >= 0.3 is 5.97 Å². The maximum absolute atomic E-state index is 11.3. The van der Waals surface area contributed by atoms with Gasteiger partial charge in [0.1, 0.15) is 5.60 Å². The molecule has 0 atom stereocenters. The maximum atomic E-state index is 11.3. The molecular weight excluding hydrogens is 220 g/mol. The molecule has 0 spiro atoms. The first kappa shape index (κ1) is 14.0. The second kappa shape index (κ2) is 6.00. The first-order valence-electron chi connectivity index (χ1n) is 6.09. The Morgan fingerprint density at radius 3 is 2.47 bits per heavy atom. The van der Waals surface area contributed by atoms with Gasteiger partial charge in [0, 0.05) is 12.6 Å². The monoisotopic (exact) mass is 242 g/mol. The Balaban J connectivity index is 1.99. The van der Waals surface area contributed by atoms with Crippen molar-refractivity contribution in [2.45, 2.75) is 51.7 Å². The molecule has 0 aromatic rings. The van der Waals surface area contributed by atoms with E-state index in [1.54, 1.807) is 0 Å². The van der Waals surface area contributed by atoms with E-state index >= 15 is 0 Å². The zero-order chi connectivity index (χ0) is 12.9. The number of rotatable bonds is 6. The molecule has 0 radical (unpaired) electrons. The highest BCUT2D eigenvalue weighted by molar-refractivity contribution is 5.78. The standard InChI is InChI=1S/C12H22N2O3/c1-12(2,3)17-11(16)6-7-13-8-10(15)14-9-4-5-9/h9,13H,4-8H2,1-3H3,(H,14,15). The van der Waals surface area contributed by atoms with Crippen LogP contribution in [0, 0.1) is 0 Å². The largest absolute Gasteiger partial charge is 0.460 e. The fraction of sp³-hybridized carbons (Fsp3) is 0.833. The molecule has 1 aliphatic carbocycles. The van der Waals surface area contributed by atoms with Crippen LogP contribution in [0.15, 0.2) is 0 Å². The van der Waals surface area contributed by atoms with Crippen molar-refractivity contribution in [1.29, 1.82) is 0 Å². The second-order valence-corrected chi connectivity index (χ2v) is 5.36. The summed E-state index contributed by atoms with van der Waals surface area (Å²) >= 11 is 0. The molecule has 1 aliphatic rings. The second-order valence-electron chi connectivity index (χ2n) is 5.36. The van der Waals surface area contributed by atoms with Crippen molar-refractivity contribution in [3.8, 4) is 0 Å². The molecule has 17 heavy (non-hydrogen) atoms. The average molecular weight is 242 g/mol. The Morgan fingerprint density at radius 2 is 1.94 bits per heavy atom. The lowest BCUT2D eigenvalue weighted by Gasteiger charge is -2.19. The lowest BCUT2D eigenvalue weighted by molar-refractivity contribution is -0.154. The minimum atomic E-state index is -0.444. The van der Waals surface area contributed by atoms with Gasteiger partial charge in [-0.05, 0) is 33.6 Å². The van der Waals surface area contributed by atoms with Gasteiger partial charge in [-0.2, -0.15) is 0 Å². The number of hydrogen-bond acceptors (Lipinski definition) is 4. The smallest absolute Gasteiger partial charge is 0.307 e. The Labute approximate surface area is 102 Å². The van der Waals surface area contributed by atoms with Gasteiger partial charge in [0.25, 0.3) is 0 Å². The van der Waals surface area contributed by atoms with E-state index in [2.05, 4.69) is 10.6 Å². The van der Waals surface area contributed by atoms with Crippen LogP contribution in [0.1, 0.15) is 40.0 Å². The summed E-state index contributed by atoms with van der Waals surface area (Å²) in [4.78, 5) is 22.6. The number of carbonyl (C=O) groups is 2. The zero-order valence-electron chi connectivity index (χ0n) is 10.8. The van der Waals surface area contributed by atoms with Crippen LogP contribution in [0.4, 0.5) is 0 Å². The van der Waals surface area contributed by atoms with Gasteiger partial charge in [0.2, 0.25) is 5.91 Å². The molecule has 2 N–H and O–H groups in total. The molecule has 5 heteroatoms. The van der Waals surface area contributed by atoms with Gasteiger partial charge in [-0.3, -0.25) is 9.59 Å². The Morgan fingerprint density at radius 1 is 1.29 bits per heavy atom. The van der Waals surface area contributed by atoms with Crippen LogP contribution in [0.5, 0.6) is 0 Å². The topological polar surface area (TPSA) is 67.4 Å². The molecule has 1 fully saturated rings. The quantitative estimate of drug-likeness (QED) is 0.528. The van der Waals surface area contributed by atoms with Gasteiger partial charge in [-0.25, -0.2) is 0 Å². The maximum Gasteiger partial charge on any atom is 0.307 e. The molecule has 1 amide bonds. The third-order valence-electron chi connectivity index (χ3n) is 2.15. The number of amides is 1. The average Bonchev–Trinajstić information content (AvgIpc) is 2.93. The summed E-state index contributed by atoms with van der Waals surface area (Å²) in [5.74, 6) is -0.246. The van der Waals surface area contributed by atoms with Crippen molar-refractivity contribution in [3.05, 3.63) is 0 Å². The lowest BCUT2D eigenvalue weighted by atomic mass is 10.2. The molecule has 0 saturated heterocycles. The molecule has 0 aromatic heterocycles. The molecule has 0 aromatic carbocycles. The molecule has 5 nitrogen and oxygen atoms in total. The van der Waals surface area contributed by atoms with E-state index in [1.807, 2.05) is 20.8 Å². The van der Waals surface area contributed by atoms with Gasteiger partial charge < -0.3 is 15.4 Å². The van der Waals surface area contributed by atoms with Gasteiger partial charge in [-0.15, -0.1) is 0 Å². The SMILES string of the molecule is CC(C)(C)OC(=O)CCNCC(=O)NC1CC1. The predicted octanol–water partition coefficient (Wildman–Crippen LogP) is 0.586. The van der Waals surface area contributed by atoms with E-state index in [0.717, 1.165) is 12.8 Å². The zero-order valence-corrected chi connectivity index (χ0v) is 10.8. The van der Waals surface area contributed by atoms with E-state index in [-0.39, 0.29) is 24.8 Å². The molecule has 0 aliphatic heterocycles. The van der Waals surface area contributed by atoms with Gasteiger partial charge in [0.15, 0.2) is 0 Å². The molecule has 0 bridgehead atoms. The van der Waals surface area contributed by atoms with Crippen molar-refractivity contribution in [3.63, 3.8) is 0 Å². The van der Waals surface area contributed by atoms with Crippen LogP contribution >= 0.6 is 0 Å². The van der Waals surface area contributed by atoms with Gasteiger partial charge in [0.05, 0.1) is 13.0 Å². The van der Waals surface area contributed by atoms with Crippen LogP contribution < -0.4 is 10.6 Å². The van der Waals surface area contributed by atoms with E-state index in [1.165, 1.54) is 0 Å². The normalized spacial score (nSPS) is 15.5. The van der Waals surface area contributed by atoms with E-state index < -0.39 is 5.60 Å². The highest BCUT2D eigenvalue weighted by atomic mass is 16.6. The summed E-state index contributed by atoms with van der Waals surface area (Å²) in [6.45, 7) is 6.23. The fourth-order valence-electron chi connectivity index (χ4n) is 1.29. The third-order valence-corrected chi connectivity index (χ3v) is 2.15. The molecule has 0 unspecified atom stereocenters. The first-order valence-corrected chi connectivity index (χ1v) is 6.09. The van der Waals surface area contributed by atoms with E-state index in [4.69, 9.17) is 4.74 Å². The molecule has 1 saturated carbocycles. The van der Waals surface area contributed by atoms with E-state index in [9.17, 15) is 9.59 Å². The van der Waals surface area contributed by atoms with Crippen LogP contribution in [-0.4, -0.2) is 36.6 Å². The number of ether oxygens (including phenoxy) is 1. The van der Waals surface area contributed by atoms with Crippen LogP contribution in [0.3, 0.4) is 0 Å². The Kier molecular flexibility index (Phi) is 4.93. The highest BCUT2D eigenvalue weighted by Crippen LogP contribution is 2.18. The minimum absolute atomic E-state index is 0.00307. The minimum Gasteiger partial charge on any atom is -0.460 e. The summed E-state index contributed by atoms with van der Waals surface area (Å²) in [7, 11) is 0. The lowest BCUT2D eigenvalue weighted by Crippen LogP contribution is -2.36. The Hall–Kier alpha value is -1.10. The summed E-state index contributed by atoms with van der Waals surface area (Å²) in [5, 5.41) is 5.78. The summed E-state index contributed by atoms with van der Waals surface area (Å²) < 4.78 is 5.14. The van der Waals surface area contributed by atoms with Crippen LogP contribution in [0.25, 0.3) is 0 Å². The van der Waals surface area contributed by atoms with Crippen LogP contribution in [-0.2, 0) is 14.3 Å². The van der Waals surface area contributed by atoms with E-state index in [0.29, 0.717) is 12.6 Å². The number of carbonyl (C=O) groups excluding carboxylic acids is 2. The van der Waals surface area contributed by atoms with Crippen molar-refractivity contribution in [2.75, 3.05) is 13.1 Å². The van der Waals surface area contributed by atoms with Crippen molar-refractivity contribution in [1.82, 2.24) is 10.6 Å². The van der Waals surface area contributed by atoms with Crippen molar-refractivity contribution >= 4 is 11.9 Å². The third kappa shape index (κ3) is 7.74. The summed E-state index contributed by atoms with van der Waals surface area (Å²) in [5.41, 5.74) is -0.444. The van der Waals surface area contributed by atoms with Gasteiger partial charge in [-0.1, -0.05) is 0 Å². The number of esters is 1. The Bertz CT molecular complexity index is 280. The first-order chi connectivity index (χ1) is 7.87. The molecule has 1 rings (SSSR count). The summed E-state index contributed by atoms with van der Waals surface area (Å²) in [6, 6.07) is 0.384. The van der Waals surface area contributed by atoms with Crippen molar-refractivity contribution in [2.24, 2.45) is 0 Å². The summed E-state index contributed by atoms with van der Waals surface area (Å²) in [6.07, 6.45) is 2.46. The van der Waals surface area contributed by atoms with Crippen molar-refractivity contribution < 1.29 is 14.3 Å². The predicted molar refractivity (Wildman–Crippen MR) is 64.5 cm³/mol. The molecule has 98 valence electrons. The number of nitrogens with one attached hydrogen (secondary N) is 2. The van der Waals surface area contributed by atoms with Crippen LogP contribution in [0.2, 0.25) is 0 Å². The highest BCUT2D eigenvalue weighted by Gasteiger charge is 2.22.